The molecule has 4 nitrogen and oxygen atoms in total. The van der Waals surface area contributed by atoms with Crippen LogP contribution in [0.15, 0.2) is 203 Å². The van der Waals surface area contributed by atoms with Gasteiger partial charge in [-0.1, -0.05) is 107 Å². The zero-order valence-corrected chi connectivity index (χ0v) is 28.2. The monoisotopic (exact) mass is 697 g/mol. The van der Waals surface area contributed by atoms with Gasteiger partial charge in [0.25, 0.3) is 0 Å². The molecule has 1 heterocycles. The van der Waals surface area contributed by atoms with E-state index < -0.39 is 0 Å². The first-order chi connectivity index (χ1) is 24.2. The first-order valence-corrected chi connectivity index (χ1v) is 17.0. The van der Waals surface area contributed by atoms with Crippen LogP contribution < -0.4 is 14.7 Å². The van der Waals surface area contributed by atoms with Gasteiger partial charge in [-0.2, -0.15) is 0 Å². The summed E-state index contributed by atoms with van der Waals surface area (Å²) in [5, 5.41) is 1.04. The lowest BCUT2D eigenvalue weighted by Gasteiger charge is -2.32. The molecule has 8 aromatic rings. The summed E-state index contributed by atoms with van der Waals surface area (Å²) in [6.45, 7) is 0. The average molecular weight is 699 g/mol. The van der Waals surface area contributed by atoms with Crippen molar-refractivity contribution in [2.75, 3.05) is 14.7 Å². The Morgan fingerprint density at radius 1 is 0.347 bits per heavy atom. The summed E-state index contributed by atoms with van der Waals surface area (Å²) in [5.74, 6) is 0. The predicted molar refractivity (Wildman–Crippen MR) is 208 cm³/mol. The van der Waals surface area contributed by atoms with Crippen molar-refractivity contribution in [1.29, 1.82) is 0 Å². The fourth-order valence-electron chi connectivity index (χ4n) is 6.35. The van der Waals surface area contributed by atoms with Crippen molar-refractivity contribution in [2.45, 2.75) is 0 Å². The molecule has 236 valence electrons. The molecule has 0 atom stereocenters. The van der Waals surface area contributed by atoms with Gasteiger partial charge >= 0.3 is 0 Å². The highest BCUT2D eigenvalue weighted by atomic mass is 79.9. The fraction of sp³-hybridized carbons (Fsp3) is 0. The van der Waals surface area contributed by atoms with Crippen LogP contribution >= 0.6 is 15.9 Å². The van der Waals surface area contributed by atoms with Crippen LogP contribution in [0, 0.1) is 0 Å². The molecule has 0 saturated carbocycles. The average Bonchev–Trinajstić information content (AvgIpc) is 3.57. The number of furan rings is 1. The minimum atomic E-state index is 0.838. The van der Waals surface area contributed by atoms with Crippen LogP contribution in [-0.2, 0) is 0 Å². The Morgan fingerprint density at radius 3 is 1.27 bits per heavy atom. The number of hydrogen-bond acceptors (Lipinski definition) is 4. The first kappa shape index (κ1) is 30.3. The van der Waals surface area contributed by atoms with E-state index >= 15 is 0 Å². The van der Waals surface area contributed by atoms with Gasteiger partial charge in [0.1, 0.15) is 11.8 Å². The van der Waals surface area contributed by atoms with Gasteiger partial charge in [-0.05, 0) is 97.1 Å². The Hall–Kier alpha value is -6.04. The van der Waals surface area contributed by atoms with Gasteiger partial charge in [0.05, 0.1) is 22.7 Å². The molecule has 0 N–H and O–H groups in total. The highest BCUT2D eigenvalue weighted by molar-refractivity contribution is 9.10. The minimum absolute atomic E-state index is 0.838. The van der Waals surface area contributed by atoms with Gasteiger partial charge in [-0.15, -0.1) is 0 Å². The van der Waals surface area contributed by atoms with Crippen molar-refractivity contribution in [3.05, 3.63) is 199 Å². The van der Waals surface area contributed by atoms with Crippen LogP contribution in [0.25, 0.3) is 11.0 Å². The molecule has 0 aliphatic rings. The lowest BCUT2D eigenvalue weighted by atomic mass is 10.1. The highest BCUT2D eigenvalue weighted by Gasteiger charge is 2.23. The second-order valence-electron chi connectivity index (χ2n) is 11.7. The smallest absolute Gasteiger partial charge is 0.136 e. The maximum absolute atomic E-state index is 6.15. The Labute approximate surface area is 294 Å². The predicted octanol–water partition coefficient (Wildman–Crippen LogP) is 13.6. The van der Waals surface area contributed by atoms with Gasteiger partial charge in [0, 0.05) is 38.3 Å². The molecule has 0 fully saturated rings. The molecule has 0 spiro atoms. The van der Waals surface area contributed by atoms with Gasteiger partial charge < -0.3 is 19.1 Å². The molecule has 8 rings (SSSR count). The topological polar surface area (TPSA) is 22.9 Å². The lowest BCUT2D eigenvalue weighted by Crippen LogP contribution is -2.16. The summed E-state index contributed by atoms with van der Waals surface area (Å²) in [4.78, 5) is 6.91. The lowest BCUT2D eigenvalue weighted by molar-refractivity contribution is 0.616. The van der Waals surface area contributed by atoms with Gasteiger partial charge in [0.15, 0.2) is 0 Å². The second kappa shape index (κ2) is 13.6. The maximum Gasteiger partial charge on any atom is 0.136 e. The van der Waals surface area contributed by atoms with Crippen molar-refractivity contribution in [2.24, 2.45) is 0 Å². The molecule has 0 saturated heterocycles. The summed E-state index contributed by atoms with van der Waals surface area (Å²) in [7, 11) is 0. The molecule has 0 unspecified atom stereocenters. The molecule has 0 radical (unpaired) electrons. The van der Waals surface area contributed by atoms with E-state index in [0.29, 0.717) is 0 Å². The Bertz CT molecular complexity index is 2270. The van der Waals surface area contributed by atoms with E-state index in [1.165, 1.54) is 0 Å². The van der Waals surface area contributed by atoms with Crippen LogP contribution in [0.4, 0.5) is 51.2 Å². The third kappa shape index (κ3) is 6.20. The van der Waals surface area contributed by atoms with E-state index in [-0.39, 0.29) is 0 Å². The van der Waals surface area contributed by atoms with Gasteiger partial charge in [-0.25, -0.2) is 0 Å². The SMILES string of the molecule is Brc1cccc(N(c2ccccc2)c2cc(N(c3ccccc3)c3ccccc3)cc(N(c3ccccc3)c3coc4ccccc34)c2)c1. The van der Waals surface area contributed by atoms with Crippen LogP contribution in [-0.4, -0.2) is 0 Å². The molecule has 7 aromatic carbocycles. The summed E-state index contributed by atoms with van der Waals surface area (Å²) in [6.07, 6.45) is 1.86. The first-order valence-electron chi connectivity index (χ1n) is 16.2. The molecule has 0 aliphatic carbocycles. The van der Waals surface area contributed by atoms with E-state index in [1.54, 1.807) is 0 Å². The highest BCUT2D eigenvalue weighted by Crippen LogP contribution is 2.47. The normalized spacial score (nSPS) is 11.0. The molecule has 0 bridgehead atoms. The maximum atomic E-state index is 6.15. The van der Waals surface area contributed by atoms with E-state index in [0.717, 1.165) is 66.6 Å². The number of nitrogens with zero attached hydrogens (tertiary/aromatic N) is 3. The largest absolute Gasteiger partial charge is 0.462 e. The van der Waals surface area contributed by atoms with E-state index in [1.807, 2.05) is 24.5 Å². The summed E-state index contributed by atoms with van der Waals surface area (Å²) < 4.78 is 7.16. The number of rotatable bonds is 9. The Kier molecular flexibility index (Phi) is 8.41. The van der Waals surface area contributed by atoms with Crippen molar-refractivity contribution >= 4 is 78.1 Å². The third-order valence-electron chi connectivity index (χ3n) is 8.49. The number of anilines is 9. The molecule has 0 amide bonds. The summed E-state index contributed by atoms with van der Waals surface area (Å²) in [5.41, 5.74) is 10.0. The van der Waals surface area contributed by atoms with Crippen molar-refractivity contribution in [3.8, 4) is 0 Å². The van der Waals surface area contributed by atoms with E-state index in [2.05, 4.69) is 200 Å². The fourth-order valence-corrected chi connectivity index (χ4v) is 6.74. The molecule has 5 heteroatoms. The van der Waals surface area contributed by atoms with Crippen LogP contribution in [0.1, 0.15) is 0 Å². The van der Waals surface area contributed by atoms with E-state index in [9.17, 15) is 0 Å². The van der Waals surface area contributed by atoms with Crippen molar-refractivity contribution in [1.82, 2.24) is 0 Å². The number of para-hydroxylation sites is 5. The second-order valence-corrected chi connectivity index (χ2v) is 12.6. The zero-order chi connectivity index (χ0) is 33.0. The van der Waals surface area contributed by atoms with Crippen molar-refractivity contribution < 1.29 is 4.42 Å². The molecule has 0 aliphatic heterocycles. The van der Waals surface area contributed by atoms with Crippen molar-refractivity contribution in [3.63, 3.8) is 0 Å². The third-order valence-corrected chi connectivity index (χ3v) is 8.98. The molecule has 49 heavy (non-hydrogen) atoms. The molecule has 1 aromatic heterocycles. The van der Waals surface area contributed by atoms with Crippen LogP contribution in [0.5, 0.6) is 0 Å². The summed E-state index contributed by atoms with van der Waals surface area (Å²) in [6, 6.07) is 65.5. The molecular formula is C44H32BrN3O. The number of halogens is 1. The quantitative estimate of drug-likeness (QED) is 0.150. The zero-order valence-electron chi connectivity index (χ0n) is 26.6. The Morgan fingerprint density at radius 2 is 0.755 bits per heavy atom. The van der Waals surface area contributed by atoms with E-state index in [4.69, 9.17) is 4.42 Å². The number of fused-ring (bicyclic) bond motifs is 1. The van der Waals surface area contributed by atoms with Crippen LogP contribution in [0.2, 0.25) is 0 Å². The number of benzene rings is 7. The summed E-state index contributed by atoms with van der Waals surface area (Å²) >= 11 is 3.74. The standard InChI is InChI=1S/C44H32BrN3O/c45-33-16-15-25-38(28-33)47(36-21-9-3-10-22-36)40-29-39(46(34-17-5-1-6-18-34)35-19-7-2-8-20-35)30-41(31-40)48(37-23-11-4-12-24-37)43-32-49-44-27-14-13-26-42(43)44/h1-32H. The molecular weight excluding hydrogens is 666 g/mol. The van der Waals surface area contributed by atoms with Gasteiger partial charge in [-0.3, -0.25) is 0 Å². The van der Waals surface area contributed by atoms with Crippen LogP contribution in [0.3, 0.4) is 0 Å². The van der Waals surface area contributed by atoms with Gasteiger partial charge in [0.2, 0.25) is 0 Å². The number of hydrogen-bond donors (Lipinski definition) is 0. The minimum Gasteiger partial charge on any atom is -0.462 e. The Balaban J connectivity index is 1.44.